The van der Waals surface area contributed by atoms with Crippen molar-refractivity contribution in [2.75, 3.05) is 13.1 Å². The van der Waals surface area contributed by atoms with Crippen LogP contribution in [0.5, 0.6) is 0 Å². The van der Waals surface area contributed by atoms with Crippen molar-refractivity contribution in [2.45, 2.75) is 24.9 Å². The molecule has 1 aromatic rings. The first kappa shape index (κ1) is 12.0. The first-order valence-electron chi connectivity index (χ1n) is 5.81. The van der Waals surface area contributed by atoms with Gasteiger partial charge >= 0.3 is 5.97 Å². The quantitative estimate of drug-likeness (QED) is 0.843. The number of carbonyl (C=O) groups is 1. The van der Waals surface area contributed by atoms with Gasteiger partial charge in [0.1, 0.15) is 5.67 Å². The molecule has 0 aliphatic carbocycles. The van der Waals surface area contributed by atoms with E-state index >= 15 is 0 Å². The van der Waals surface area contributed by atoms with Gasteiger partial charge in [0.05, 0.1) is 6.42 Å². The van der Waals surface area contributed by atoms with E-state index < -0.39 is 11.6 Å². The molecule has 0 atom stereocenters. The number of nitrogens with one attached hydrogen (secondary N) is 1. The maximum atomic E-state index is 14.5. The van der Waals surface area contributed by atoms with Crippen molar-refractivity contribution in [3.8, 4) is 0 Å². The van der Waals surface area contributed by atoms with E-state index in [4.69, 9.17) is 5.11 Å². The maximum absolute atomic E-state index is 14.5. The van der Waals surface area contributed by atoms with Crippen molar-refractivity contribution in [1.29, 1.82) is 0 Å². The standard InChI is InChI=1S/C13H16FNO2/c14-13(5-7-15-8-6-13)11-3-1-10(2-4-11)9-12(16)17/h1-4,15H,5-9H2,(H,16,17). The summed E-state index contributed by atoms with van der Waals surface area (Å²) in [7, 11) is 0. The third-order valence-electron chi connectivity index (χ3n) is 3.22. The van der Waals surface area contributed by atoms with E-state index in [1.165, 1.54) is 0 Å². The van der Waals surface area contributed by atoms with Gasteiger partial charge in [0.15, 0.2) is 0 Å². The summed E-state index contributed by atoms with van der Waals surface area (Å²) >= 11 is 0. The molecule has 0 bridgehead atoms. The summed E-state index contributed by atoms with van der Waals surface area (Å²) in [5.74, 6) is -0.866. The molecule has 0 unspecified atom stereocenters. The number of alkyl halides is 1. The predicted molar refractivity (Wildman–Crippen MR) is 62.7 cm³/mol. The molecular formula is C13H16FNO2. The molecule has 1 aliphatic heterocycles. The Kier molecular flexibility index (Phi) is 3.43. The molecule has 0 saturated carbocycles. The third kappa shape index (κ3) is 2.82. The highest BCUT2D eigenvalue weighted by molar-refractivity contribution is 5.70. The van der Waals surface area contributed by atoms with Crippen LogP contribution in [0.4, 0.5) is 4.39 Å². The Morgan fingerprint density at radius 3 is 2.41 bits per heavy atom. The predicted octanol–water partition coefficient (Wildman–Crippen LogP) is 1.86. The van der Waals surface area contributed by atoms with Gasteiger partial charge in [-0.2, -0.15) is 0 Å². The molecule has 1 heterocycles. The summed E-state index contributed by atoms with van der Waals surface area (Å²) in [6.07, 6.45) is 0.942. The summed E-state index contributed by atoms with van der Waals surface area (Å²) in [6, 6.07) is 6.83. The van der Waals surface area contributed by atoms with Gasteiger partial charge in [-0.25, -0.2) is 4.39 Å². The number of carboxylic acids is 1. The minimum Gasteiger partial charge on any atom is -0.481 e. The highest BCUT2D eigenvalue weighted by Gasteiger charge is 2.33. The summed E-state index contributed by atoms with van der Waals surface area (Å²) in [5, 5.41) is 11.8. The van der Waals surface area contributed by atoms with Crippen LogP contribution in [0.15, 0.2) is 24.3 Å². The summed E-state index contributed by atoms with van der Waals surface area (Å²) in [4.78, 5) is 10.5. The lowest BCUT2D eigenvalue weighted by Crippen LogP contribution is -2.36. The maximum Gasteiger partial charge on any atom is 0.307 e. The van der Waals surface area contributed by atoms with Crippen molar-refractivity contribution < 1.29 is 14.3 Å². The zero-order valence-electron chi connectivity index (χ0n) is 9.58. The monoisotopic (exact) mass is 237 g/mol. The van der Waals surface area contributed by atoms with E-state index in [1.807, 2.05) is 0 Å². The van der Waals surface area contributed by atoms with Gasteiger partial charge in [0.25, 0.3) is 0 Å². The van der Waals surface area contributed by atoms with Crippen LogP contribution in [-0.2, 0) is 16.9 Å². The van der Waals surface area contributed by atoms with Gasteiger partial charge in [-0.15, -0.1) is 0 Å². The number of hydrogen-bond donors (Lipinski definition) is 2. The number of piperidine rings is 1. The Balaban J connectivity index is 2.13. The van der Waals surface area contributed by atoms with E-state index in [0.717, 1.165) is 0 Å². The molecule has 0 radical (unpaired) electrons. The molecule has 1 saturated heterocycles. The topological polar surface area (TPSA) is 49.3 Å². The molecule has 1 aliphatic rings. The van der Waals surface area contributed by atoms with Crippen LogP contribution >= 0.6 is 0 Å². The fourth-order valence-corrected chi connectivity index (χ4v) is 2.21. The molecule has 92 valence electrons. The lowest BCUT2D eigenvalue weighted by molar-refractivity contribution is -0.136. The fourth-order valence-electron chi connectivity index (χ4n) is 2.21. The fraction of sp³-hybridized carbons (Fsp3) is 0.462. The Morgan fingerprint density at radius 1 is 1.29 bits per heavy atom. The number of halogens is 1. The second-order valence-electron chi connectivity index (χ2n) is 4.48. The molecule has 3 nitrogen and oxygen atoms in total. The molecule has 1 fully saturated rings. The second kappa shape index (κ2) is 4.84. The van der Waals surface area contributed by atoms with Gasteiger partial charge in [0, 0.05) is 0 Å². The Labute approximate surface area is 99.7 Å². The summed E-state index contributed by atoms with van der Waals surface area (Å²) in [6.45, 7) is 1.38. The van der Waals surface area contributed by atoms with Crippen LogP contribution in [0.2, 0.25) is 0 Å². The molecule has 17 heavy (non-hydrogen) atoms. The molecule has 0 aromatic heterocycles. The van der Waals surface area contributed by atoms with Crippen molar-refractivity contribution in [2.24, 2.45) is 0 Å². The van der Waals surface area contributed by atoms with Gasteiger partial charge in [-0.1, -0.05) is 24.3 Å². The first-order valence-corrected chi connectivity index (χ1v) is 5.81. The first-order chi connectivity index (χ1) is 8.10. The van der Waals surface area contributed by atoms with Crippen LogP contribution in [0, 0.1) is 0 Å². The number of benzene rings is 1. The number of aliphatic carboxylic acids is 1. The zero-order chi connectivity index (χ0) is 12.3. The molecule has 1 aromatic carbocycles. The lowest BCUT2D eigenvalue weighted by atomic mass is 9.86. The zero-order valence-corrected chi connectivity index (χ0v) is 9.58. The van der Waals surface area contributed by atoms with Gasteiger partial charge in [-0.05, 0) is 37.1 Å². The van der Waals surface area contributed by atoms with Crippen LogP contribution in [-0.4, -0.2) is 24.2 Å². The Bertz CT molecular complexity index is 396. The lowest BCUT2D eigenvalue weighted by Gasteiger charge is -2.30. The van der Waals surface area contributed by atoms with Crippen molar-refractivity contribution in [3.05, 3.63) is 35.4 Å². The van der Waals surface area contributed by atoms with E-state index in [0.29, 0.717) is 37.1 Å². The van der Waals surface area contributed by atoms with Gasteiger partial charge in [-0.3, -0.25) is 4.79 Å². The molecular weight excluding hydrogens is 221 g/mol. The summed E-state index contributed by atoms with van der Waals surface area (Å²) < 4.78 is 14.5. The van der Waals surface area contributed by atoms with Crippen LogP contribution in [0.3, 0.4) is 0 Å². The average molecular weight is 237 g/mol. The van der Waals surface area contributed by atoms with Gasteiger partial charge < -0.3 is 10.4 Å². The molecule has 0 amide bonds. The van der Waals surface area contributed by atoms with Crippen molar-refractivity contribution >= 4 is 5.97 Å². The van der Waals surface area contributed by atoms with Gasteiger partial charge in [0.2, 0.25) is 0 Å². The van der Waals surface area contributed by atoms with Crippen LogP contribution in [0.25, 0.3) is 0 Å². The van der Waals surface area contributed by atoms with E-state index in [-0.39, 0.29) is 6.42 Å². The SMILES string of the molecule is O=C(O)Cc1ccc(C2(F)CCNCC2)cc1. The van der Waals surface area contributed by atoms with E-state index in [2.05, 4.69) is 5.32 Å². The van der Waals surface area contributed by atoms with Crippen molar-refractivity contribution in [3.63, 3.8) is 0 Å². The number of rotatable bonds is 3. The average Bonchev–Trinajstić information content (AvgIpc) is 2.30. The van der Waals surface area contributed by atoms with Crippen LogP contribution < -0.4 is 5.32 Å². The Morgan fingerprint density at radius 2 is 1.88 bits per heavy atom. The molecule has 2 N–H and O–H groups in total. The highest BCUT2D eigenvalue weighted by Crippen LogP contribution is 2.34. The molecule has 0 spiro atoms. The van der Waals surface area contributed by atoms with Crippen LogP contribution in [0.1, 0.15) is 24.0 Å². The summed E-state index contributed by atoms with van der Waals surface area (Å²) in [5.41, 5.74) is 0.111. The molecule has 4 heteroatoms. The minimum absolute atomic E-state index is 0.0128. The van der Waals surface area contributed by atoms with Crippen molar-refractivity contribution in [1.82, 2.24) is 5.32 Å². The number of hydrogen-bond acceptors (Lipinski definition) is 2. The third-order valence-corrected chi connectivity index (χ3v) is 3.22. The molecule has 2 rings (SSSR count). The van der Waals surface area contributed by atoms with E-state index in [9.17, 15) is 9.18 Å². The Hall–Kier alpha value is -1.42. The smallest absolute Gasteiger partial charge is 0.307 e. The second-order valence-corrected chi connectivity index (χ2v) is 4.48. The number of carboxylic acid groups (broad SMARTS) is 1. The van der Waals surface area contributed by atoms with E-state index in [1.54, 1.807) is 24.3 Å². The highest BCUT2D eigenvalue weighted by atomic mass is 19.1. The largest absolute Gasteiger partial charge is 0.481 e. The normalized spacial score (nSPS) is 18.9. The minimum atomic E-state index is -1.26.